The highest BCUT2D eigenvalue weighted by molar-refractivity contribution is 4.93. The van der Waals surface area contributed by atoms with Crippen molar-refractivity contribution in [1.29, 1.82) is 0 Å². The number of hydrogen-bond donors (Lipinski definition) is 0. The molecule has 17 heavy (non-hydrogen) atoms. The number of piperidine rings is 1. The van der Waals surface area contributed by atoms with Crippen molar-refractivity contribution in [1.82, 2.24) is 15.0 Å². The molecule has 0 aromatic carbocycles. The Morgan fingerprint density at radius 2 is 2.18 bits per heavy atom. The van der Waals surface area contributed by atoms with Gasteiger partial charge in [0.25, 0.3) is 0 Å². The van der Waals surface area contributed by atoms with Gasteiger partial charge in [0.15, 0.2) is 5.82 Å². The summed E-state index contributed by atoms with van der Waals surface area (Å²) in [4.78, 5) is 6.77. The van der Waals surface area contributed by atoms with E-state index in [0.29, 0.717) is 6.10 Å². The molecule has 0 spiro atoms. The van der Waals surface area contributed by atoms with Crippen molar-refractivity contribution in [3.05, 3.63) is 11.7 Å². The SMILES string of the molecule is CCc1noc(C(C)N2CCC(OC)CC2)n1. The Bertz CT molecular complexity index is 345. The fourth-order valence-electron chi connectivity index (χ4n) is 2.24. The zero-order valence-corrected chi connectivity index (χ0v) is 10.8. The van der Waals surface area contributed by atoms with Gasteiger partial charge >= 0.3 is 0 Å². The molecular formula is C12H21N3O2. The first kappa shape index (κ1) is 12.5. The average Bonchev–Trinajstić information content (AvgIpc) is 2.87. The van der Waals surface area contributed by atoms with Crippen LogP contribution >= 0.6 is 0 Å². The molecule has 96 valence electrons. The van der Waals surface area contributed by atoms with Crippen molar-refractivity contribution in [2.45, 2.75) is 45.3 Å². The zero-order chi connectivity index (χ0) is 12.3. The van der Waals surface area contributed by atoms with E-state index >= 15 is 0 Å². The van der Waals surface area contributed by atoms with Crippen LogP contribution in [0.3, 0.4) is 0 Å². The lowest BCUT2D eigenvalue weighted by atomic mass is 10.1. The standard InChI is InChI=1S/C12H21N3O2/c1-4-11-13-12(17-14-11)9(2)15-7-5-10(16-3)6-8-15/h9-10H,4-8H2,1-3H3. The van der Waals surface area contributed by atoms with Gasteiger partial charge in [-0.2, -0.15) is 4.98 Å². The molecule has 2 heterocycles. The third-order valence-electron chi connectivity index (χ3n) is 3.52. The number of aromatic nitrogens is 2. The first-order valence-electron chi connectivity index (χ1n) is 6.34. The molecule has 1 fully saturated rings. The molecule has 1 aromatic rings. The lowest BCUT2D eigenvalue weighted by Crippen LogP contribution is -2.38. The Kier molecular flexibility index (Phi) is 4.12. The van der Waals surface area contributed by atoms with Gasteiger partial charge in [0.1, 0.15) is 0 Å². The minimum absolute atomic E-state index is 0.209. The topological polar surface area (TPSA) is 51.4 Å². The largest absolute Gasteiger partial charge is 0.381 e. The normalized spacial score (nSPS) is 20.6. The lowest BCUT2D eigenvalue weighted by Gasteiger charge is -2.33. The lowest BCUT2D eigenvalue weighted by molar-refractivity contribution is 0.0247. The summed E-state index contributed by atoms with van der Waals surface area (Å²) in [7, 11) is 1.79. The van der Waals surface area contributed by atoms with E-state index in [4.69, 9.17) is 9.26 Å². The number of ether oxygens (including phenoxy) is 1. The Balaban J connectivity index is 1.94. The first-order chi connectivity index (χ1) is 8.24. The predicted octanol–water partition coefficient (Wildman–Crippen LogP) is 1.80. The minimum Gasteiger partial charge on any atom is -0.381 e. The van der Waals surface area contributed by atoms with Crippen LogP contribution in [-0.2, 0) is 11.2 Å². The summed E-state index contributed by atoms with van der Waals surface area (Å²) in [6.07, 6.45) is 3.39. The number of nitrogens with zero attached hydrogens (tertiary/aromatic N) is 3. The van der Waals surface area contributed by atoms with E-state index in [1.54, 1.807) is 7.11 Å². The van der Waals surface area contributed by atoms with Crippen LogP contribution in [-0.4, -0.2) is 41.3 Å². The molecule has 5 nitrogen and oxygen atoms in total. The number of aryl methyl sites for hydroxylation is 1. The molecule has 1 atom stereocenters. The van der Waals surface area contributed by atoms with Crippen molar-refractivity contribution in [3.63, 3.8) is 0 Å². The zero-order valence-electron chi connectivity index (χ0n) is 10.8. The van der Waals surface area contributed by atoms with Crippen molar-refractivity contribution >= 4 is 0 Å². The third kappa shape index (κ3) is 2.84. The molecule has 0 saturated carbocycles. The van der Waals surface area contributed by atoms with Gasteiger partial charge in [0.2, 0.25) is 5.89 Å². The van der Waals surface area contributed by atoms with Crippen LogP contribution in [0.25, 0.3) is 0 Å². The molecular weight excluding hydrogens is 218 g/mol. The van der Waals surface area contributed by atoms with Gasteiger partial charge in [0.05, 0.1) is 12.1 Å². The van der Waals surface area contributed by atoms with Gasteiger partial charge in [-0.1, -0.05) is 12.1 Å². The fraction of sp³-hybridized carbons (Fsp3) is 0.833. The molecule has 1 unspecified atom stereocenters. The van der Waals surface area contributed by atoms with E-state index in [1.807, 2.05) is 6.92 Å². The van der Waals surface area contributed by atoms with E-state index in [9.17, 15) is 0 Å². The van der Waals surface area contributed by atoms with Crippen LogP contribution in [0.1, 0.15) is 44.4 Å². The summed E-state index contributed by atoms with van der Waals surface area (Å²) in [5, 5.41) is 3.94. The van der Waals surface area contributed by atoms with Crippen molar-refractivity contribution in [3.8, 4) is 0 Å². The molecule has 0 radical (unpaired) electrons. The van der Waals surface area contributed by atoms with Crippen LogP contribution in [0.4, 0.5) is 0 Å². The van der Waals surface area contributed by atoms with Crippen molar-refractivity contribution in [2.24, 2.45) is 0 Å². The first-order valence-corrected chi connectivity index (χ1v) is 6.34. The third-order valence-corrected chi connectivity index (χ3v) is 3.52. The molecule has 1 aliphatic rings. The molecule has 0 N–H and O–H groups in total. The average molecular weight is 239 g/mol. The number of hydrogen-bond acceptors (Lipinski definition) is 5. The Morgan fingerprint density at radius 3 is 2.71 bits per heavy atom. The number of likely N-dealkylation sites (tertiary alicyclic amines) is 1. The Morgan fingerprint density at radius 1 is 1.47 bits per heavy atom. The van der Waals surface area contributed by atoms with Gasteiger partial charge in [-0.3, -0.25) is 4.90 Å². The minimum atomic E-state index is 0.209. The highest BCUT2D eigenvalue weighted by Gasteiger charge is 2.26. The maximum Gasteiger partial charge on any atom is 0.243 e. The van der Waals surface area contributed by atoms with Crippen LogP contribution in [0, 0.1) is 0 Å². The summed E-state index contributed by atoms with van der Waals surface area (Å²) >= 11 is 0. The number of methoxy groups -OCH3 is 1. The Hall–Kier alpha value is -0.940. The fourth-order valence-corrected chi connectivity index (χ4v) is 2.24. The van der Waals surface area contributed by atoms with Gasteiger partial charge in [0, 0.05) is 26.6 Å². The molecule has 0 amide bonds. The van der Waals surface area contributed by atoms with Gasteiger partial charge in [-0.15, -0.1) is 0 Å². The quantitative estimate of drug-likeness (QED) is 0.802. The molecule has 1 aromatic heterocycles. The van der Waals surface area contributed by atoms with Gasteiger partial charge in [-0.05, 0) is 19.8 Å². The second kappa shape index (κ2) is 5.60. The van der Waals surface area contributed by atoms with E-state index in [2.05, 4.69) is 22.0 Å². The van der Waals surface area contributed by atoms with Gasteiger partial charge in [-0.25, -0.2) is 0 Å². The summed E-state index contributed by atoms with van der Waals surface area (Å²) in [6, 6.07) is 0.209. The van der Waals surface area contributed by atoms with Crippen molar-refractivity contribution in [2.75, 3.05) is 20.2 Å². The second-order valence-corrected chi connectivity index (χ2v) is 4.55. The monoisotopic (exact) mass is 239 g/mol. The second-order valence-electron chi connectivity index (χ2n) is 4.55. The van der Waals surface area contributed by atoms with Crippen LogP contribution in [0.15, 0.2) is 4.52 Å². The van der Waals surface area contributed by atoms with Crippen LogP contribution in [0.2, 0.25) is 0 Å². The molecule has 0 bridgehead atoms. The summed E-state index contributed by atoms with van der Waals surface area (Å²) in [5.74, 6) is 1.52. The smallest absolute Gasteiger partial charge is 0.243 e. The number of rotatable bonds is 4. The van der Waals surface area contributed by atoms with E-state index in [0.717, 1.165) is 44.1 Å². The molecule has 1 saturated heterocycles. The molecule has 5 heteroatoms. The molecule has 0 aliphatic carbocycles. The maximum atomic E-state index is 5.37. The van der Waals surface area contributed by atoms with Gasteiger partial charge < -0.3 is 9.26 Å². The highest BCUT2D eigenvalue weighted by atomic mass is 16.5. The predicted molar refractivity (Wildman–Crippen MR) is 63.7 cm³/mol. The molecule has 1 aliphatic heterocycles. The summed E-state index contributed by atoms with van der Waals surface area (Å²) in [5.41, 5.74) is 0. The maximum absolute atomic E-state index is 5.37. The van der Waals surface area contributed by atoms with E-state index < -0.39 is 0 Å². The Labute approximate surface area is 102 Å². The van der Waals surface area contributed by atoms with Crippen LogP contribution in [0.5, 0.6) is 0 Å². The van der Waals surface area contributed by atoms with E-state index in [1.165, 1.54) is 0 Å². The molecule has 2 rings (SSSR count). The van der Waals surface area contributed by atoms with Crippen molar-refractivity contribution < 1.29 is 9.26 Å². The van der Waals surface area contributed by atoms with Crippen LogP contribution < -0.4 is 0 Å². The van der Waals surface area contributed by atoms with E-state index in [-0.39, 0.29) is 6.04 Å². The summed E-state index contributed by atoms with van der Waals surface area (Å²) < 4.78 is 10.7. The highest BCUT2D eigenvalue weighted by Crippen LogP contribution is 2.23. The summed E-state index contributed by atoms with van der Waals surface area (Å²) in [6.45, 7) is 6.22.